The van der Waals surface area contributed by atoms with Crippen LogP contribution in [0.1, 0.15) is 47.7 Å². The first kappa shape index (κ1) is 26.9. The molecule has 0 saturated heterocycles. The molecule has 3 saturated carbocycles. The highest BCUT2D eigenvalue weighted by atomic mass is 35.5. The molecule has 1 amide bonds. The molecule has 0 aromatic heterocycles. The Morgan fingerprint density at radius 3 is 2.39 bits per heavy atom. The molecular formula is C27H32ClN3O7. The number of fused-ring (bicyclic) bond motifs is 3. The number of phenolic OH excluding ortho intramolecular Hbond substituents is 1. The van der Waals surface area contributed by atoms with Gasteiger partial charge in [-0.3, -0.25) is 33.8 Å². The zero-order valence-electron chi connectivity index (χ0n) is 21.6. The third-order valence-electron chi connectivity index (χ3n) is 8.91. The Bertz CT molecular complexity index is 1280. The minimum atomic E-state index is -2.73. The van der Waals surface area contributed by atoms with Crippen LogP contribution in [0, 0.1) is 23.7 Å². The van der Waals surface area contributed by atoms with E-state index in [4.69, 9.17) is 17.3 Å². The predicted molar refractivity (Wildman–Crippen MR) is 135 cm³/mol. The second-order valence-electron chi connectivity index (χ2n) is 11.3. The number of phenols is 1. The SMILES string of the molecule is CCN(Cc1cc(O)c2c(c1Cl)C[C@H]1C[C@H]3[C@H](N(C)C)C(=O)C(C(N)=O)C(=O)[C@@]3(O)C(=O)C1C2=O)C1CC1. The number of aliphatic hydroxyl groups is 1. The van der Waals surface area contributed by atoms with Gasteiger partial charge in [0.25, 0.3) is 0 Å². The largest absolute Gasteiger partial charge is 0.507 e. The van der Waals surface area contributed by atoms with E-state index in [0.717, 1.165) is 19.4 Å². The van der Waals surface area contributed by atoms with Gasteiger partial charge in [-0.2, -0.15) is 0 Å². The van der Waals surface area contributed by atoms with E-state index < -0.39 is 64.4 Å². The van der Waals surface area contributed by atoms with Crippen molar-refractivity contribution in [3.8, 4) is 5.75 Å². The summed E-state index contributed by atoms with van der Waals surface area (Å²) >= 11 is 6.81. The number of ketones is 4. The highest BCUT2D eigenvalue weighted by Crippen LogP contribution is 2.52. The fourth-order valence-corrected chi connectivity index (χ4v) is 7.27. The lowest BCUT2D eigenvalue weighted by Crippen LogP contribution is -2.74. The normalized spacial score (nSPS) is 32.9. The topological polar surface area (TPSA) is 158 Å². The molecule has 0 radical (unpaired) electrons. The molecule has 1 aromatic carbocycles. The van der Waals surface area contributed by atoms with E-state index in [-0.39, 0.29) is 24.2 Å². The molecule has 0 heterocycles. The van der Waals surface area contributed by atoms with E-state index in [2.05, 4.69) is 4.90 Å². The van der Waals surface area contributed by atoms with Crippen molar-refractivity contribution in [3.63, 3.8) is 0 Å². The maximum atomic E-state index is 13.8. The van der Waals surface area contributed by atoms with E-state index in [1.165, 1.54) is 11.0 Å². The number of benzene rings is 1. The quantitative estimate of drug-likeness (QED) is 0.433. The molecule has 4 N–H and O–H groups in total. The molecule has 0 aliphatic heterocycles. The Kier molecular flexibility index (Phi) is 6.53. The van der Waals surface area contributed by atoms with Crippen LogP contribution in [0.3, 0.4) is 0 Å². The van der Waals surface area contributed by atoms with Gasteiger partial charge < -0.3 is 15.9 Å². The smallest absolute Gasteiger partial charge is 0.235 e. The van der Waals surface area contributed by atoms with Crippen molar-refractivity contribution in [2.24, 2.45) is 29.4 Å². The molecule has 3 fully saturated rings. The maximum absolute atomic E-state index is 13.8. The third kappa shape index (κ3) is 3.76. The molecule has 4 aliphatic rings. The molecule has 0 spiro atoms. The van der Waals surface area contributed by atoms with Crippen LogP contribution in [0.15, 0.2) is 6.07 Å². The van der Waals surface area contributed by atoms with Crippen molar-refractivity contribution in [2.75, 3.05) is 20.6 Å². The molecule has 6 atom stereocenters. The number of rotatable bonds is 6. The Hall–Kier alpha value is -2.66. The fourth-order valence-electron chi connectivity index (χ4n) is 6.98. The van der Waals surface area contributed by atoms with Crippen molar-refractivity contribution in [3.05, 3.63) is 27.8 Å². The Labute approximate surface area is 225 Å². The van der Waals surface area contributed by atoms with Gasteiger partial charge in [-0.25, -0.2) is 0 Å². The van der Waals surface area contributed by atoms with Crippen LogP contribution in [-0.2, 0) is 32.1 Å². The summed E-state index contributed by atoms with van der Waals surface area (Å²) in [7, 11) is 3.10. The van der Waals surface area contributed by atoms with Gasteiger partial charge in [0.2, 0.25) is 5.91 Å². The van der Waals surface area contributed by atoms with Crippen LogP contribution in [0.5, 0.6) is 5.75 Å². The first-order valence-electron chi connectivity index (χ1n) is 13.0. The lowest BCUT2D eigenvalue weighted by molar-refractivity contribution is -0.181. The molecule has 11 heteroatoms. The van der Waals surface area contributed by atoms with Crippen LogP contribution < -0.4 is 5.73 Å². The summed E-state index contributed by atoms with van der Waals surface area (Å²) in [4.78, 5) is 69.8. The molecule has 38 heavy (non-hydrogen) atoms. The van der Waals surface area contributed by atoms with Gasteiger partial charge in [0.1, 0.15) is 5.75 Å². The van der Waals surface area contributed by atoms with Gasteiger partial charge in [-0.15, -0.1) is 0 Å². The highest BCUT2D eigenvalue weighted by Gasteiger charge is 2.69. The molecule has 2 unspecified atom stereocenters. The summed E-state index contributed by atoms with van der Waals surface area (Å²) in [6.07, 6.45) is 2.34. The fraction of sp³-hybridized carbons (Fsp3) is 0.593. The minimum absolute atomic E-state index is 0.00558. The van der Waals surface area contributed by atoms with Gasteiger partial charge in [0.05, 0.1) is 17.5 Å². The number of Topliss-reactive ketones (excluding diaryl/α,β-unsaturated/α-hetero) is 4. The number of aromatic hydroxyl groups is 1. The zero-order chi connectivity index (χ0) is 27.8. The lowest BCUT2D eigenvalue weighted by Gasteiger charge is -2.52. The number of amides is 1. The van der Waals surface area contributed by atoms with E-state index in [1.54, 1.807) is 14.1 Å². The summed E-state index contributed by atoms with van der Waals surface area (Å²) in [6, 6.07) is 0.774. The van der Waals surface area contributed by atoms with Gasteiger partial charge >= 0.3 is 0 Å². The number of nitrogens with zero attached hydrogens (tertiary/aromatic N) is 2. The van der Waals surface area contributed by atoms with E-state index in [0.29, 0.717) is 28.7 Å². The molecule has 10 nitrogen and oxygen atoms in total. The van der Waals surface area contributed by atoms with Gasteiger partial charge in [-0.1, -0.05) is 18.5 Å². The van der Waals surface area contributed by atoms with E-state index in [1.807, 2.05) is 6.92 Å². The summed E-state index contributed by atoms with van der Waals surface area (Å²) in [5.74, 6) is -10.6. The number of carbonyl (C=O) groups is 5. The summed E-state index contributed by atoms with van der Waals surface area (Å²) in [5, 5.41) is 22.9. The van der Waals surface area contributed by atoms with Crippen molar-refractivity contribution < 1.29 is 34.2 Å². The highest BCUT2D eigenvalue weighted by molar-refractivity contribution is 6.34. The van der Waals surface area contributed by atoms with E-state index >= 15 is 0 Å². The summed E-state index contributed by atoms with van der Waals surface area (Å²) < 4.78 is 0. The van der Waals surface area contributed by atoms with Crippen molar-refractivity contribution >= 4 is 40.6 Å². The van der Waals surface area contributed by atoms with Crippen LogP contribution in [-0.4, -0.2) is 87.4 Å². The van der Waals surface area contributed by atoms with Crippen LogP contribution >= 0.6 is 11.6 Å². The Morgan fingerprint density at radius 2 is 1.84 bits per heavy atom. The van der Waals surface area contributed by atoms with Crippen LogP contribution in [0.2, 0.25) is 5.02 Å². The summed E-state index contributed by atoms with van der Waals surface area (Å²) in [6.45, 7) is 3.35. The van der Waals surface area contributed by atoms with Gasteiger partial charge in [0, 0.05) is 23.5 Å². The second kappa shape index (κ2) is 9.22. The van der Waals surface area contributed by atoms with Crippen LogP contribution in [0.25, 0.3) is 0 Å². The summed E-state index contributed by atoms with van der Waals surface area (Å²) in [5.41, 5.74) is 3.63. The monoisotopic (exact) mass is 545 g/mol. The molecular weight excluding hydrogens is 514 g/mol. The maximum Gasteiger partial charge on any atom is 0.235 e. The van der Waals surface area contributed by atoms with Gasteiger partial charge in [0.15, 0.2) is 34.7 Å². The molecule has 1 aromatic rings. The van der Waals surface area contributed by atoms with E-state index in [9.17, 15) is 34.2 Å². The first-order valence-corrected chi connectivity index (χ1v) is 13.3. The van der Waals surface area contributed by atoms with Crippen molar-refractivity contribution in [2.45, 2.75) is 56.8 Å². The van der Waals surface area contributed by atoms with Crippen molar-refractivity contribution in [1.82, 2.24) is 9.80 Å². The molecule has 4 aliphatic carbocycles. The second-order valence-corrected chi connectivity index (χ2v) is 11.7. The standard InChI is InChI=1S/C27H32ClN3O7/c1-4-31(13-5-6-13)10-12-9-16(32)18-14(20(12)28)7-11-8-15-21(30(2)3)23(34)19(26(29)37)25(36)27(15,38)24(35)17(11)22(18)33/h9,11,13,15,17,19,21,32,38H,4-8,10H2,1-3H3,(H2,29,37)/t11-,15-,17?,19?,21-,27-/m0/s1. The number of nitrogens with two attached hydrogens (primary N) is 1. The third-order valence-corrected chi connectivity index (χ3v) is 9.38. The Balaban J connectivity index is 1.58. The lowest BCUT2D eigenvalue weighted by atomic mass is 9.52. The van der Waals surface area contributed by atoms with Gasteiger partial charge in [-0.05, 0) is 69.4 Å². The minimum Gasteiger partial charge on any atom is -0.507 e. The average molecular weight is 546 g/mol. The molecule has 5 rings (SSSR count). The number of hydrogen-bond donors (Lipinski definition) is 3. The predicted octanol–water partition coefficient (Wildman–Crippen LogP) is 0.505. The molecule has 0 bridgehead atoms. The number of likely N-dealkylation sites (N-methyl/N-ethyl adjacent to an activating group) is 1. The zero-order valence-corrected chi connectivity index (χ0v) is 22.3. The molecule has 204 valence electrons. The number of primary amides is 1. The Morgan fingerprint density at radius 1 is 1.18 bits per heavy atom. The number of hydrogen-bond acceptors (Lipinski definition) is 9. The number of halogens is 1. The number of carbonyl (C=O) groups excluding carboxylic acids is 5. The first-order chi connectivity index (χ1) is 17.8. The van der Waals surface area contributed by atoms with Crippen LogP contribution in [0.4, 0.5) is 0 Å². The van der Waals surface area contributed by atoms with Crippen molar-refractivity contribution in [1.29, 1.82) is 0 Å². The average Bonchev–Trinajstić information content (AvgIpc) is 3.67.